The minimum absolute atomic E-state index is 0. The van der Waals surface area contributed by atoms with Crippen LogP contribution in [-0.4, -0.2) is 52.1 Å². The smallest absolute Gasteiger partial charge is 0.191 e. The number of rotatable bonds is 8. The lowest BCUT2D eigenvalue weighted by atomic mass is 9.96. The third kappa shape index (κ3) is 6.44. The summed E-state index contributed by atoms with van der Waals surface area (Å²) >= 11 is 0. The summed E-state index contributed by atoms with van der Waals surface area (Å²) in [5.41, 5.74) is 1.43. The van der Waals surface area contributed by atoms with Crippen LogP contribution in [0.1, 0.15) is 49.9 Å². The highest BCUT2D eigenvalue weighted by molar-refractivity contribution is 14.0. The Kier molecular flexibility index (Phi) is 9.19. The molecule has 3 heterocycles. The molecular weight excluding hydrogens is 499 g/mol. The molecule has 2 N–H and O–H groups in total. The number of unbranched alkanes of at least 4 members (excludes halogenated alkanes) is 1. The molecule has 0 radical (unpaired) electrons. The number of nitrogens with one attached hydrogen (secondary N) is 2. The van der Waals surface area contributed by atoms with Crippen molar-refractivity contribution >= 4 is 29.9 Å². The van der Waals surface area contributed by atoms with Crippen molar-refractivity contribution in [1.82, 2.24) is 25.1 Å². The van der Waals surface area contributed by atoms with Crippen LogP contribution in [0.4, 0.5) is 0 Å². The number of halogens is 1. The molecule has 170 valence electrons. The number of benzene rings is 1. The Balaban J connectivity index is 0.00000272. The lowest BCUT2D eigenvalue weighted by Crippen LogP contribution is -2.52. The third-order valence-corrected chi connectivity index (χ3v) is 6.70. The van der Waals surface area contributed by atoms with Crippen LogP contribution in [0, 0.1) is 6.92 Å². The molecule has 2 aromatic rings. The van der Waals surface area contributed by atoms with Gasteiger partial charge < -0.3 is 15.2 Å². The van der Waals surface area contributed by atoms with Gasteiger partial charge in [-0.1, -0.05) is 30.3 Å². The SMILES string of the molecule is CN=C(NCCCCn1ccnc1C)NC1CC2CCC(C1)N2Cc1ccccc1.I. The molecule has 2 bridgehead atoms. The van der Waals surface area contributed by atoms with E-state index in [1.807, 2.05) is 13.2 Å². The average Bonchev–Trinajstić information content (AvgIpc) is 3.26. The van der Waals surface area contributed by atoms with E-state index in [0.29, 0.717) is 18.1 Å². The fourth-order valence-corrected chi connectivity index (χ4v) is 5.09. The number of guanidine groups is 1. The van der Waals surface area contributed by atoms with E-state index >= 15 is 0 Å². The average molecular weight is 537 g/mol. The van der Waals surface area contributed by atoms with Gasteiger partial charge in [-0.05, 0) is 51.0 Å². The van der Waals surface area contributed by atoms with Crippen molar-refractivity contribution in [2.75, 3.05) is 13.6 Å². The Morgan fingerprint density at radius 2 is 1.87 bits per heavy atom. The topological polar surface area (TPSA) is 57.5 Å². The van der Waals surface area contributed by atoms with E-state index in [1.54, 1.807) is 0 Å². The van der Waals surface area contributed by atoms with Crippen LogP contribution < -0.4 is 10.6 Å². The monoisotopic (exact) mass is 536 g/mol. The first-order valence-corrected chi connectivity index (χ1v) is 11.5. The maximum atomic E-state index is 4.47. The Bertz CT molecular complexity index is 806. The van der Waals surface area contributed by atoms with Gasteiger partial charge in [0.1, 0.15) is 5.82 Å². The highest BCUT2D eigenvalue weighted by atomic mass is 127. The van der Waals surface area contributed by atoms with E-state index in [2.05, 4.69) is 73.5 Å². The summed E-state index contributed by atoms with van der Waals surface area (Å²) in [5, 5.41) is 7.21. The molecule has 0 amide bonds. The van der Waals surface area contributed by atoms with Gasteiger partial charge in [0.05, 0.1) is 0 Å². The molecule has 4 rings (SSSR count). The fourth-order valence-electron chi connectivity index (χ4n) is 5.09. The minimum Gasteiger partial charge on any atom is -0.356 e. The zero-order chi connectivity index (χ0) is 20.8. The summed E-state index contributed by atoms with van der Waals surface area (Å²) in [7, 11) is 1.88. The van der Waals surface area contributed by atoms with E-state index in [1.165, 1.54) is 31.2 Å². The van der Waals surface area contributed by atoms with Crippen molar-refractivity contribution in [1.29, 1.82) is 0 Å². The number of fused-ring (bicyclic) bond motifs is 2. The molecule has 2 aliphatic heterocycles. The summed E-state index contributed by atoms with van der Waals surface area (Å²) in [4.78, 5) is 11.5. The maximum Gasteiger partial charge on any atom is 0.191 e. The van der Waals surface area contributed by atoms with Crippen molar-refractivity contribution in [3.63, 3.8) is 0 Å². The molecule has 0 spiro atoms. The molecule has 0 aliphatic carbocycles. The van der Waals surface area contributed by atoms with E-state index in [4.69, 9.17) is 0 Å². The normalized spacial score (nSPS) is 23.4. The van der Waals surface area contributed by atoms with E-state index in [0.717, 1.165) is 44.3 Å². The molecule has 2 saturated heterocycles. The summed E-state index contributed by atoms with van der Waals surface area (Å²) in [6.07, 6.45) is 11.3. The number of hydrogen-bond acceptors (Lipinski definition) is 3. The Hall–Kier alpha value is -1.61. The summed E-state index contributed by atoms with van der Waals surface area (Å²) in [6, 6.07) is 12.8. The first-order valence-electron chi connectivity index (χ1n) is 11.5. The number of hydrogen-bond donors (Lipinski definition) is 2. The van der Waals surface area contributed by atoms with Gasteiger partial charge in [-0.3, -0.25) is 9.89 Å². The Labute approximate surface area is 203 Å². The number of imidazole rings is 1. The highest BCUT2D eigenvalue weighted by Crippen LogP contribution is 2.36. The summed E-state index contributed by atoms with van der Waals surface area (Å²) in [6.45, 7) is 5.13. The van der Waals surface area contributed by atoms with Crippen molar-refractivity contribution in [2.24, 2.45) is 4.99 Å². The van der Waals surface area contributed by atoms with Crippen LogP contribution in [0.25, 0.3) is 0 Å². The van der Waals surface area contributed by atoms with Crippen molar-refractivity contribution in [2.45, 2.75) is 76.7 Å². The first kappa shape index (κ1) is 24.0. The van der Waals surface area contributed by atoms with E-state index in [-0.39, 0.29) is 24.0 Å². The fraction of sp³-hybridized carbons (Fsp3) is 0.583. The molecular formula is C24H37IN6. The van der Waals surface area contributed by atoms with E-state index < -0.39 is 0 Å². The van der Waals surface area contributed by atoms with Gasteiger partial charge in [0.2, 0.25) is 0 Å². The quantitative estimate of drug-likeness (QED) is 0.232. The second-order valence-corrected chi connectivity index (χ2v) is 8.73. The summed E-state index contributed by atoms with van der Waals surface area (Å²) in [5.74, 6) is 2.04. The van der Waals surface area contributed by atoms with Gasteiger partial charge in [-0.25, -0.2) is 4.98 Å². The highest BCUT2D eigenvalue weighted by Gasteiger charge is 2.40. The predicted molar refractivity (Wildman–Crippen MR) is 138 cm³/mol. The van der Waals surface area contributed by atoms with Gasteiger partial charge in [-0.2, -0.15) is 0 Å². The number of aliphatic imine (C=N–C) groups is 1. The molecule has 6 nitrogen and oxygen atoms in total. The van der Waals surface area contributed by atoms with Crippen molar-refractivity contribution < 1.29 is 0 Å². The Morgan fingerprint density at radius 3 is 2.52 bits per heavy atom. The largest absolute Gasteiger partial charge is 0.356 e. The molecule has 31 heavy (non-hydrogen) atoms. The third-order valence-electron chi connectivity index (χ3n) is 6.70. The molecule has 2 unspecified atom stereocenters. The van der Waals surface area contributed by atoms with Crippen LogP contribution >= 0.6 is 24.0 Å². The lowest BCUT2D eigenvalue weighted by molar-refractivity contribution is 0.114. The molecule has 2 atom stereocenters. The minimum atomic E-state index is 0. The van der Waals surface area contributed by atoms with Crippen LogP contribution in [0.2, 0.25) is 0 Å². The van der Waals surface area contributed by atoms with Gasteiger partial charge in [0.15, 0.2) is 5.96 Å². The predicted octanol–water partition coefficient (Wildman–Crippen LogP) is 3.95. The molecule has 2 aliphatic rings. The number of nitrogens with zero attached hydrogens (tertiary/aromatic N) is 4. The van der Waals surface area contributed by atoms with Gasteiger partial charge in [0, 0.05) is 57.2 Å². The molecule has 1 aromatic heterocycles. The second-order valence-electron chi connectivity index (χ2n) is 8.73. The van der Waals surface area contributed by atoms with Gasteiger partial charge in [-0.15, -0.1) is 24.0 Å². The standard InChI is InChI=1S/C24H36N6.HI/c1-19-26-13-15-29(19)14-7-6-12-27-24(25-2)28-21-16-22-10-11-23(17-21)30(22)18-20-8-4-3-5-9-20;/h3-5,8-9,13,15,21-23H,6-7,10-12,14,16-18H2,1-2H3,(H2,25,27,28);1H. The van der Waals surface area contributed by atoms with Crippen molar-refractivity contribution in [3.8, 4) is 0 Å². The molecule has 7 heteroatoms. The summed E-state index contributed by atoms with van der Waals surface area (Å²) < 4.78 is 2.21. The lowest BCUT2D eigenvalue weighted by Gasteiger charge is -2.39. The van der Waals surface area contributed by atoms with Gasteiger partial charge >= 0.3 is 0 Å². The zero-order valence-electron chi connectivity index (χ0n) is 18.8. The van der Waals surface area contributed by atoms with Gasteiger partial charge in [0.25, 0.3) is 0 Å². The van der Waals surface area contributed by atoms with E-state index in [9.17, 15) is 0 Å². The zero-order valence-corrected chi connectivity index (χ0v) is 21.2. The van der Waals surface area contributed by atoms with Crippen LogP contribution in [-0.2, 0) is 13.1 Å². The number of aryl methyl sites for hydroxylation is 2. The van der Waals surface area contributed by atoms with Crippen LogP contribution in [0.3, 0.4) is 0 Å². The van der Waals surface area contributed by atoms with Crippen LogP contribution in [0.15, 0.2) is 47.7 Å². The Morgan fingerprint density at radius 1 is 1.13 bits per heavy atom. The number of piperidine rings is 1. The molecule has 1 aromatic carbocycles. The van der Waals surface area contributed by atoms with Crippen molar-refractivity contribution in [3.05, 3.63) is 54.1 Å². The molecule has 0 saturated carbocycles. The maximum absolute atomic E-state index is 4.47. The molecule has 2 fully saturated rings. The van der Waals surface area contributed by atoms with Crippen LogP contribution in [0.5, 0.6) is 0 Å². The second kappa shape index (κ2) is 11.9. The first-order chi connectivity index (χ1) is 14.7. The number of aromatic nitrogens is 2.